The summed E-state index contributed by atoms with van der Waals surface area (Å²) in [5, 5.41) is 10.6. The van der Waals surface area contributed by atoms with Crippen molar-refractivity contribution < 1.29 is 14.3 Å². The molecule has 0 spiro atoms. The zero-order valence-corrected chi connectivity index (χ0v) is 15.7. The van der Waals surface area contributed by atoms with Crippen LogP contribution in [0.3, 0.4) is 0 Å². The van der Waals surface area contributed by atoms with Gasteiger partial charge < -0.3 is 9.53 Å². The summed E-state index contributed by atoms with van der Waals surface area (Å²) >= 11 is 0. The van der Waals surface area contributed by atoms with Gasteiger partial charge in [0.1, 0.15) is 5.78 Å². The first-order valence-electron chi connectivity index (χ1n) is 7.93. The molecular formula is C18H30O3Si. The first kappa shape index (κ1) is 19.1. The summed E-state index contributed by atoms with van der Waals surface area (Å²) in [4.78, 5) is 11.9. The van der Waals surface area contributed by atoms with Gasteiger partial charge in [0, 0.05) is 12.5 Å². The molecule has 1 aromatic rings. The Balaban J connectivity index is 2.69. The summed E-state index contributed by atoms with van der Waals surface area (Å²) in [6.07, 6.45) is -0.209. The summed E-state index contributed by atoms with van der Waals surface area (Å²) < 4.78 is 6.14. The van der Waals surface area contributed by atoms with Crippen molar-refractivity contribution in [3.8, 4) is 0 Å². The number of aliphatic hydroxyl groups excluding tert-OH is 1. The van der Waals surface area contributed by atoms with Gasteiger partial charge in [0.15, 0.2) is 8.32 Å². The number of hydrogen-bond acceptors (Lipinski definition) is 3. The Labute approximate surface area is 135 Å². The fourth-order valence-electron chi connectivity index (χ4n) is 2.12. The second-order valence-corrected chi connectivity index (χ2v) is 12.3. The lowest BCUT2D eigenvalue weighted by Gasteiger charge is -2.36. The molecule has 2 unspecified atom stereocenters. The highest BCUT2D eigenvalue weighted by molar-refractivity contribution is 6.74. The van der Waals surface area contributed by atoms with Crippen LogP contribution in [0.4, 0.5) is 0 Å². The van der Waals surface area contributed by atoms with E-state index in [9.17, 15) is 9.90 Å². The molecule has 1 aromatic carbocycles. The maximum atomic E-state index is 11.9. The van der Waals surface area contributed by atoms with Crippen molar-refractivity contribution >= 4 is 14.1 Å². The highest BCUT2D eigenvalue weighted by atomic mass is 28.4. The molecule has 0 amide bonds. The van der Waals surface area contributed by atoms with Crippen LogP contribution in [0.15, 0.2) is 30.3 Å². The van der Waals surface area contributed by atoms with E-state index >= 15 is 0 Å². The summed E-state index contributed by atoms with van der Waals surface area (Å²) in [7, 11) is -1.81. The summed E-state index contributed by atoms with van der Waals surface area (Å²) in [6.45, 7) is 13.0. The predicted molar refractivity (Wildman–Crippen MR) is 93.3 cm³/mol. The van der Waals surface area contributed by atoms with Gasteiger partial charge in [-0.15, -0.1) is 0 Å². The van der Waals surface area contributed by atoms with Gasteiger partial charge in [-0.1, -0.05) is 51.1 Å². The Morgan fingerprint density at radius 3 is 2.23 bits per heavy atom. The molecular weight excluding hydrogens is 292 g/mol. The SMILES string of the molecule is CC(=O)C(CCO[Si](C)(C)C(C)(C)C)C(O)c1ccccc1. The molecule has 0 heterocycles. The monoisotopic (exact) mass is 322 g/mol. The van der Waals surface area contributed by atoms with Crippen LogP contribution < -0.4 is 0 Å². The number of rotatable bonds is 7. The van der Waals surface area contributed by atoms with Crippen LogP contribution in [0.1, 0.15) is 45.8 Å². The lowest BCUT2D eigenvalue weighted by atomic mass is 9.90. The van der Waals surface area contributed by atoms with Gasteiger partial charge in [-0.3, -0.25) is 4.79 Å². The number of ketones is 1. The summed E-state index contributed by atoms with van der Waals surface area (Å²) in [5.74, 6) is -0.401. The lowest BCUT2D eigenvalue weighted by molar-refractivity contribution is -0.125. The van der Waals surface area contributed by atoms with Crippen molar-refractivity contribution in [2.45, 2.75) is 58.4 Å². The minimum atomic E-state index is -1.81. The molecule has 0 radical (unpaired) electrons. The van der Waals surface area contributed by atoms with E-state index in [2.05, 4.69) is 33.9 Å². The molecule has 1 rings (SSSR count). The van der Waals surface area contributed by atoms with Gasteiger partial charge in [-0.25, -0.2) is 0 Å². The van der Waals surface area contributed by atoms with Crippen LogP contribution in [-0.4, -0.2) is 25.8 Å². The summed E-state index contributed by atoms with van der Waals surface area (Å²) in [6, 6.07) is 9.37. The first-order chi connectivity index (χ1) is 10.1. The first-order valence-corrected chi connectivity index (χ1v) is 10.8. The van der Waals surface area contributed by atoms with E-state index < -0.39 is 20.3 Å². The zero-order valence-electron chi connectivity index (χ0n) is 14.7. The Bertz CT molecular complexity index is 477. The average molecular weight is 323 g/mol. The highest BCUT2D eigenvalue weighted by Gasteiger charge is 2.37. The van der Waals surface area contributed by atoms with Crippen LogP contribution in [0.2, 0.25) is 18.1 Å². The number of aliphatic hydroxyl groups is 1. The Hall–Kier alpha value is -0.973. The molecule has 22 heavy (non-hydrogen) atoms. The number of hydrogen-bond donors (Lipinski definition) is 1. The van der Waals surface area contributed by atoms with Crippen molar-refractivity contribution in [3.63, 3.8) is 0 Å². The third-order valence-electron chi connectivity index (χ3n) is 4.74. The lowest BCUT2D eigenvalue weighted by Crippen LogP contribution is -2.41. The Morgan fingerprint density at radius 1 is 1.23 bits per heavy atom. The maximum Gasteiger partial charge on any atom is 0.191 e. The van der Waals surface area contributed by atoms with Crippen LogP contribution in [0.25, 0.3) is 0 Å². The van der Waals surface area contributed by atoms with E-state index in [0.29, 0.717) is 13.0 Å². The maximum absolute atomic E-state index is 11.9. The van der Waals surface area contributed by atoms with Crippen LogP contribution in [0, 0.1) is 5.92 Å². The van der Waals surface area contributed by atoms with Crippen LogP contribution >= 0.6 is 0 Å². The second-order valence-electron chi connectivity index (χ2n) is 7.47. The molecule has 1 N–H and O–H groups in total. The van der Waals surface area contributed by atoms with Gasteiger partial charge >= 0.3 is 0 Å². The van der Waals surface area contributed by atoms with Gasteiger partial charge in [0.05, 0.1) is 6.10 Å². The molecule has 0 aromatic heterocycles. The molecule has 124 valence electrons. The Morgan fingerprint density at radius 2 is 1.77 bits per heavy atom. The molecule has 2 atom stereocenters. The van der Waals surface area contributed by atoms with Gasteiger partial charge in [0.2, 0.25) is 0 Å². The van der Waals surface area contributed by atoms with Crippen LogP contribution in [-0.2, 0) is 9.22 Å². The molecule has 0 aliphatic heterocycles. The largest absolute Gasteiger partial charge is 0.417 e. The molecule has 3 nitrogen and oxygen atoms in total. The zero-order chi connectivity index (χ0) is 17.0. The number of carbonyl (C=O) groups is 1. The van der Waals surface area contributed by atoms with Crippen molar-refractivity contribution in [2.75, 3.05) is 6.61 Å². The van der Waals surface area contributed by atoms with Gasteiger partial charge in [-0.2, -0.15) is 0 Å². The van der Waals surface area contributed by atoms with Gasteiger partial charge in [0.25, 0.3) is 0 Å². The number of carbonyl (C=O) groups excluding carboxylic acids is 1. The Kier molecular flexibility index (Phi) is 6.53. The minimum absolute atomic E-state index is 0.00943. The molecule has 0 fully saturated rings. The smallest absolute Gasteiger partial charge is 0.191 e. The quantitative estimate of drug-likeness (QED) is 0.760. The molecule has 0 aliphatic carbocycles. The van der Waals surface area contributed by atoms with Crippen molar-refractivity contribution in [1.29, 1.82) is 0 Å². The summed E-state index contributed by atoms with van der Waals surface area (Å²) in [5.41, 5.74) is 0.787. The third kappa shape index (κ3) is 5.04. The van der Waals surface area contributed by atoms with E-state index in [4.69, 9.17) is 4.43 Å². The minimum Gasteiger partial charge on any atom is -0.417 e. The third-order valence-corrected chi connectivity index (χ3v) is 9.28. The topological polar surface area (TPSA) is 46.5 Å². The molecule has 0 aliphatic rings. The molecule has 0 saturated heterocycles. The molecule has 0 bridgehead atoms. The van der Waals surface area contributed by atoms with E-state index in [-0.39, 0.29) is 10.8 Å². The standard InChI is InChI=1S/C18H30O3Si/c1-14(19)16(17(20)15-10-8-7-9-11-15)12-13-21-22(5,6)18(2,3)4/h7-11,16-17,20H,12-13H2,1-6H3. The number of benzene rings is 1. The highest BCUT2D eigenvalue weighted by Crippen LogP contribution is 2.37. The normalized spacial score (nSPS) is 15.4. The molecule has 4 heteroatoms. The van der Waals surface area contributed by atoms with E-state index in [0.717, 1.165) is 5.56 Å². The van der Waals surface area contributed by atoms with E-state index in [1.807, 2.05) is 30.3 Å². The fraction of sp³-hybridized carbons (Fsp3) is 0.611. The fourth-order valence-corrected chi connectivity index (χ4v) is 3.18. The van der Waals surface area contributed by atoms with Crippen molar-refractivity contribution in [1.82, 2.24) is 0 Å². The predicted octanol–water partition coefficient (Wildman–Crippen LogP) is 4.34. The van der Waals surface area contributed by atoms with Crippen LogP contribution in [0.5, 0.6) is 0 Å². The van der Waals surface area contributed by atoms with E-state index in [1.165, 1.54) is 0 Å². The van der Waals surface area contributed by atoms with Gasteiger partial charge in [-0.05, 0) is 37.0 Å². The van der Waals surface area contributed by atoms with Crippen molar-refractivity contribution in [2.24, 2.45) is 5.92 Å². The second kappa shape index (κ2) is 7.53. The average Bonchev–Trinajstić information content (AvgIpc) is 2.42. The molecule has 0 saturated carbocycles. The van der Waals surface area contributed by atoms with Crippen molar-refractivity contribution in [3.05, 3.63) is 35.9 Å². The van der Waals surface area contributed by atoms with E-state index in [1.54, 1.807) is 6.92 Å². The number of Topliss-reactive ketones (excluding diaryl/α,β-unsaturated/α-hetero) is 1.